The largest absolute Gasteiger partial charge is 0.488 e. The van der Waals surface area contributed by atoms with Gasteiger partial charge in [-0.15, -0.1) is 0 Å². The number of hydrogen-bond donors (Lipinski definition) is 0. The maximum absolute atomic E-state index is 13.7. The SMILES string of the molecule is Fc1ccc(Br)c(F)c1COc1ccccc1Br. The molecule has 0 aliphatic rings. The van der Waals surface area contributed by atoms with Crippen LogP contribution in [-0.2, 0) is 6.61 Å². The van der Waals surface area contributed by atoms with Crippen molar-refractivity contribution >= 4 is 31.9 Å². The van der Waals surface area contributed by atoms with E-state index in [0.29, 0.717) is 5.75 Å². The van der Waals surface area contributed by atoms with Crippen molar-refractivity contribution in [3.63, 3.8) is 0 Å². The Balaban J connectivity index is 2.21. The standard InChI is InChI=1S/C13H8Br2F2O/c14-9-3-1-2-4-12(9)18-7-8-11(16)6-5-10(15)13(8)17/h1-6H,7H2. The molecule has 94 valence electrons. The van der Waals surface area contributed by atoms with Crippen molar-refractivity contribution in [1.82, 2.24) is 0 Å². The lowest BCUT2D eigenvalue weighted by molar-refractivity contribution is 0.290. The first-order valence-corrected chi connectivity index (χ1v) is 6.68. The van der Waals surface area contributed by atoms with Crippen LogP contribution in [0, 0.1) is 11.6 Å². The van der Waals surface area contributed by atoms with Crippen molar-refractivity contribution in [2.24, 2.45) is 0 Å². The van der Waals surface area contributed by atoms with Gasteiger partial charge in [0.15, 0.2) is 0 Å². The van der Waals surface area contributed by atoms with Crippen LogP contribution in [0.2, 0.25) is 0 Å². The van der Waals surface area contributed by atoms with Crippen LogP contribution < -0.4 is 4.74 Å². The Hall–Kier alpha value is -0.940. The van der Waals surface area contributed by atoms with E-state index in [1.807, 2.05) is 6.07 Å². The number of ether oxygens (including phenoxy) is 1. The molecule has 18 heavy (non-hydrogen) atoms. The van der Waals surface area contributed by atoms with Gasteiger partial charge >= 0.3 is 0 Å². The van der Waals surface area contributed by atoms with E-state index in [1.54, 1.807) is 18.2 Å². The quantitative estimate of drug-likeness (QED) is 0.678. The van der Waals surface area contributed by atoms with Crippen LogP contribution in [0.25, 0.3) is 0 Å². The third kappa shape index (κ3) is 2.90. The zero-order chi connectivity index (χ0) is 13.1. The Morgan fingerprint density at radius 1 is 0.944 bits per heavy atom. The fraction of sp³-hybridized carbons (Fsp3) is 0.0769. The average Bonchev–Trinajstić information content (AvgIpc) is 2.36. The monoisotopic (exact) mass is 376 g/mol. The first-order valence-electron chi connectivity index (χ1n) is 5.09. The Bertz CT molecular complexity index is 573. The highest BCUT2D eigenvalue weighted by Gasteiger charge is 2.13. The smallest absolute Gasteiger partial charge is 0.146 e. The minimum atomic E-state index is -0.637. The molecule has 2 aromatic rings. The molecule has 0 radical (unpaired) electrons. The van der Waals surface area contributed by atoms with Gasteiger partial charge in [-0.1, -0.05) is 12.1 Å². The molecule has 0 heterocycles. The van der Waals surface area contributed by atoms with Crippen molar-refractivity contribution in [1.29, 1.82) is 0 Å². The third-order valence-electron chi connectivity index (χ3n) is 2.35. The molecule has 0 atom stereocenters. The lowest BCUT2D eigenvalue weighted by Gasteiger charge is -2.10. The predicted molar refractivity (Wildman–Crippen MR) is 72.5 cm³/mol. The molecule has 0 unspecified atom stereocenters. The van der Waals surface area contributed by atoms with E-state index in [0.717, 1.165) is 4.47 Å². The molecule has 2 rings (SSSR count). The summed E-state index contributed by atoms with van der Waals surface area (Å²) in [5.74, 6) is -0.721. The van der Waals surface area contributed by atoms with Crippen LogP contribution in [-0.4, -0.2) is 0 Å². The van der Waals surface area contributed by atoms with Gasteiger partial charge in [0.25, 0.3) is 0 Å². The topological polar surface area (TPSA) is 9.23 Å². The summed E-state index contributed by atoms with van der Waals surface area (Å²) in [5.41, 5.74) is -0.0971. The number of para-hydroxylation sites is 1. The molecule has 2 aromatic carbocycles. The summed E-state index contributed by atoms with van der Waals surface area (Å²) in [6.07, 6.45) is 0. The summed E-state index contributed by atoms with van der Waals surface area (Å²) < 4.78 is 33.5. The minimum absolute atomic E-state index is 0.0971. The van der Waals surface area contributed by atoms with Gasteiger partial charge in [-0.05, 0) is 56.1 Å². The maximum Gasteiger partial charge on any atom is 0.146 e. The predicted octanol–water partition coefficient (Wildman–Crippen LogP) is 5.07. The summed E-state index contributed by atoms with van der Waals surface area (Å²) in [5, 5.41) is 0. The summed E-state index contributed by atoms with van der Waals surface area (Å²) in [6.45, 7) is -0.167. The second kappa shape index (κ2) is 5.80. The lowest BCUT2D eigenvalue weighted by atomic mass is 10.2. The second-order valence-electron chi connectivity index (χ2n) is 3.54. The molecular weight excluding hydrogens is 370 g/mol. The van der Waals surface area contributed by atoms with Gasteiger partial charge in [0, 0.05) is 0 Å². The van der Waals surface area contributed by atoms with Crippen molar-refractivity contribution in [2.45, 2.75) is 6.61 Å². The molecule has 0 bridgehead atoms. The van der Waals surface area contributed by atoms with Crippen LogP contribution >= 0.6 is 31.9 Å². The fourth-order valence-electron chi connectivity index (χ4n) is 1.41. The van der Waals surface area contributed by atoms with E-state index < -0.39 is 11.6 Å². The van der Waals surface area contributed by atoms with E-state index in [1.165, 1.54) is 12.1 Å². The summed E-state index contributed by atoms with van der Waals surface area (Å²) >= 11 is 6.31. The fourth-order valence-corrected chi connectivity index (χ4v) is 2.18. The van der Waals surface area contributed by atoms with E-state index in [2.05, 4.69) is 31.9 Å². The molecule has 0 aromatic heterocycles. The summed E-state index contributed by atoms with van der Waals surface area (Å²) in [7, 11) is 0. The van der Waals surface area contributed by atoms with Gasteiger partial charge in [-0.2, -0.15) is 0 Å². The average molecular weight is 378 g/mol. The summed E-state index contributed by atoms with van der Waals surface area (Å²) in [4.78, 5) is 0. The van der Waals surface area contributed by atoms with Crippen molar-refractivity contribution in [2.75, 3.05) is 0 Å². The first kappa shape index (κ1) is 13.5. The van der Waals surface area contributed by atoms with Gasteiger partial charge in [0.2, 0.25) is 0 Å². The highest BCUT2D eigenvalue weighted by molar-refractivity contribution is 9.10. The molecule has 0 saturated heterocycles. The van der Waals surface area contributed by atoms with Crippen molar-refractivity contribution < 1.29 is 13.5 Å². The normalized spacial score (nSPS) is 10.4. The first-order chi connectivity index (χ1) is 8.59. The van der Waals surface area contributed by atoms with E-state index >= 15 is 0 Å². The maximum atomic E-state index is 13.7. The molecule has 0 amide bonds. The van der Waals surface area contributed by atoms with Crippen molar-refractivity contribution in [3.05, 3.63) is 62.5 Å². The minimum Gasteiger partial charge on any atom is -0.488 e. The Morgan fingerprint density at radius 3 is 2.39 bits per heavy atom. The molecule has 1 nitrogen and oxygen atoms in total. The van der Waals surface area contributed by atoms with Crippen LogP contribution in [0.4, 0.5) is 8.78 Å². The van der Waals surface area contributed by atoms with Crippen LogP contribution in [0.3, 0.4) is 0 Å². The van der Waals surface area contributed by atoms with Gasteiger partial charge < -0.3 is 4.74 Å². The number of hydrogen-bond acceptors (Lipinski definition) is 1. The van der Waals surface area contributed by atoms with E-state index in [-0.39, 0.29) is 16.6 Å². The van der Waals surface area contributed by atoms with Crippen molar-refractivity contribution in [3.8, 4) is 5.75 Å². The van der Waals surface area contributed by atoms with Gasteiger partial charge in [0.1, 0.15) is 24.0 Å². The summed E-state index contributed by atoms with van der Waals surface area (Å²) in [6, 6.07) is 9.66. The van der Waals surface area contributed by atoms with E-state index in [4.69, 9.17) is 4.74 Å². The van der Waals surface area contributed by atoms with Crippen LogP contribution in [0.1, 0.15) is 5.56 Å². The molecule has 0 aliphatic heterocycles. The van der Waals surface area contributed by atoms with Gasteiger partial charge in [-0.25, -0.2) is 8.78 Å². The molecular formula is C13H8Br2F2O. The zero-order valence-electron chi connectivity index (χ0n) is 9.09. The molecule has 5 heteroatoms. The Labute approximate surface area is 120 Å². The van der Waals surface area contributed by atoms with E-state index in [9.17, 15) is 8.78 Å². The van der Waals surface area contributed by atoms with Crippen LogP contribution in [0.5, 0.6) is 5.75 Å². The molecule has 0 spiro atoms. The van der Waals surface area contributed by atoms with Gasteiger partial charge in [0.05, 0.1) is 14.5 Å². The van der Waals surface area contributed by atoms with Gasteiger partial charge in [-0.3, -0.25) is 0 Å². The Morgan fingerprint density at radius 2 is 1.67 bits per heavy atom. The zero-order valence-corrected chi connectivity index (χ0v) is 12.3. The second-order valence-corrected chi connectivity index (χ2v) is 5.25. The molecule has 0 aliphatic carbocycles. The lowest BCUT2D eigenvalue weighted by Crippen LogP contribution is -2.03. The third-order valence-corrected chi connectivity index (χ3v) is 3.62. The number of halogens is 4. The highest BCUT2D eigenvalue weighted by atomic mass is 79.9. The molecule has 0 fully saturated rings. The highest BCUT2D eigenvalue weighted by Crippen LogP contribution is 2.27. The number of benzene rings is 2. The molecule has 0 saturated carbocycles. The Kier molecular flexibility index (Phi) is 4.35. The van der Waals surface area contributed by atoms with Crippen LogP contribution in [0.15, 0.2) is 45.3 Å². The molecule has 0 N–H and O–H groups in total. The number of rotatable bonds is 3.